The average Bonchev–Trinajstić information content (AvgIpc) is 2.74. The Morgan fingerprint density at radius 1 is 1.38 bits per heavy atom. The van der Waals surface area contributed by atoms with Crippen LogP contribution in [0, 0.1) is 5.92 Å². The van der Waals surface area contributed by atoms with E-state index in [9.17, 15) is 9.59 Å². The second-order valence-corrected chi connectivity index (χ2v) is 7.39. The van der Waals surface area contributed by atoms with E-state index in [1.165, 1.54) is 4.68 Å². The first-order chi connectivity index (χ1) is 14.2. The zero-order chi connectivity index (χ0) is 20.5. The fraction of sp³-hybridized carbons (Fsp3) is 0.524. The fourth-order valence-electron chi connectivity index (χ4n) is 3.64. The Morgan fingerprint density at radius 3 is 3.03 bits per heavy atom. The standard InChI is InChI=1S/C21H29N5O3/c1-29-11-10-26-21(28)13-19(15-24-26)25-9-3-5-18(16-25)12-20(27)23-8-6-17-4-2-7-22-14-17/h2,4,7,13-15,18H,3,5-6,8-12,16H2,1H3,(H,23,27). The van der Waals surface area contributed by atoms with E-state index in [1.807, 2.05) is 18.3 Å². The van der Waals surface area contributed by atoms with Crippen molar-refractivity contribution in [3.63, 3.8) is 0 Å². The van der Waals surface area contributed by atoms with E-state index in [4.69, 9.17) is 4.74 Å². The van der Waals surface area contributed by atoms with Gasteiger partial charge in [0.05, 0.1) is 25.0 Å². The molecule has 3 heterocycles. The van der Waals surface area contributed by atoms with E-state index < -0.39 is 0 Å². The van der Waals surface area contributed by atoms with Crippen LogP contribution in [0.2, 0.25) is 0 Å². The molecule has 0 radical (unpaired) electrons. The van der Waals surface area contributed by atoms with Crippen LogP contribution in [-0.4, -0.2) is 54.0 Å². The van der Waals surface area contributed by atoms with Gasteiger partial charge in [0.15, 0.2) is 0 Å². The third-order valence-corrected chi connectivity index (χ3v) is 5.18. The first-order valence-electron chi connectivity index (χ1n) is 10.1. The summed E-state index contributed by atoms with van der Waals surface area (Å²) in [6, 6.07) is 5.53. The molecule has 1 fully saturated rings. The van der Waals surface area contributed by atoms with Gasteiger partial charge in [0, 0.05) is 51.6 Å². The van der Waals surface area contributed by atoms with E-state index in [2.05, 4.69) is 20.3 Å². The van der Waals surface area contributed by atoms with Crippen LogP contribution >= 0.6 is 0 Å². The predicted octanol–water partition coefficient (Wildman–Crippen LogP) is 1.25. The van der Waals surface area contributed by atoms with Gasteiger partial charge < -0.3 is 15.0 Å². The van der Waals surface area contributed by atoms with Gasteiger partial charge in [0.25, 0.3) is 5.56 Å². The minimum absolute atomic E-state index is 0.0776. The normalized spacial score (nSPS) is 16.6. The van der Waals surface area contributed by atoms with Gasteiger partial charge in [0.2, 0.25) is 5.91 Å². The number of ether oxygens (including phenoxy) is 1. The molecule has 3 rings (SSSR count). The molecule has 0 spiro atoms. The Bertz CT molecular complexity index is 840. The first kappa shape index (κ1) is 21.0. The molecule has 2 aromatic rings. The molecule has 0 aliphatic carbocycles. The van der Waals surface area contributed by atoms with E-state index in [1.54, 1.807) is 25.6 Å². The smallest absolute Gasteiger partial charge is 0.268 e. The van der Waals surface area contributed by atoms with Crippen LogP contribution in [0.5, 0.6) is 0 Å². The van der Waals surface area contributed by atoms with Crippen LogP contribution in [0.15, 0.2) is 41.6 Å². The van der Waals surface area contributed by atoms with Crippen molar-refractivity contribution in [1.82, 2.24) is 20.1 Å². The number of nitrogens with zero attached hydrogens (tertiary/aromatic N) is 4. The Balaban J connectivity index is 1.48. The maximum absolute atomic E-state index is 12.3. The SMILES string of the molecule is COCCn1ncc(N2CCCC(CC(=O)NCCc3cccnc3)C2)cc1=O. The highest BCUT2D eigenvalue weighted by Crippen LogP contribution is 2.23. The van der Waals surface area contributed by atoms with Gasteiger partial charge in [-0.15, -0.1) is 0 Å². The largest absolute Gasteiger partial charge is 0.383 e. The number of hydrogen-bond acceptors (Lipinski definition) is 6. The van der Waals surface area contributed by atoms with Crippen LogP contribution < -0.4 is 15.8 Å². The Labute approximate surface area is 170 Å². The van der Waals surface area contributed by atoms with Crippen molar-refractivity contribution in [2.75, 3.05) is 38.3 Å². The number of rotatable bonds is 9. The number of carbonyl (C=O) groups is 1. The minimum atomic E-state index is -0.130. The molecule has 1 atom stereocenters. The van der Waals surface area contributed by atoms with Gasteiger partial charge in [-0.25, -0.2) is 4.68 Å². The Hall–Kier alpha value is -2.74. The van der Waals surface area contributed by atoms with Crippen molar-refractivity contribution in [3.05, 3.63) is 52.7 Å². The Kier molecular flexibility index (Phi) is 7.75. The summed E-state index contributed by atoms with van der Waals surface area (Å²) in [5.41, 5.74) is 1.81. The summed E-state index contributed by atoms with van der Waals surface area (Å²) in [6.07, 6.45) is 8.60. The molecule has 29 heavy (non-hydrogen) atoms. The molecular weight excluding hydrogens is 370 g/mol. The summed E-state index contributed by atoms with van der Waals surface area (Å²) in [4.78, 5) is 30.8. The topological polar surface area (TPSA) is 89.3 Å². The summed E-state index contributed by atoms with van der Waals surface area (Å²) in [5.74, 6) is 0.354. The van der Waals surface area contributed by atoms with Crippen LogP contribution in [-0.2, 0) is 22.5 Å². The third-order valence-electron chi connectivity index (χ3n) is 5.18. The summed E-state index contributed by atoms with van der Waals surface area (Å²) in [6.45, 7) is 3.15. The number of pyridine rings is 1. The highest BCUT2D eigenvalue weighted by molar-refractivity contribution is 5.76. The summed E-state index contributed by atoms with van der Waals surface area (Å²) in [7, 11) is 1.60. The second-order valence-electron chi connectivity index (χ2n) is 7.39. The number of amides is 1. The van der Waals surface area contributed by atoms with Crippen molar-refractivity contribution in [3.8, 4) is 0 Å². The zero-order valence-electron chi connectivity index (χ0n) is 16.9. The summed E-state index contributed by atoms with van der Waals surface area (Å²) >= 11 is 0. The van der Waals surface area contributed by atoms with Gasteiger partial charge in [-0.05, 0) is 36.8 Å². The number of hydrogen-bond donors (Lipinski definition) is 1. The van der Waals surface area contributed by atoms with E-state index in [-0.39, 0.29) is 17.4 Å². The van der Waals surface area contributed by atoms with Gasteiger partial charge in [-0.2, -0.15) is 5.10 Å². The Morgan fingerprint density at radius 2 is 2.28 bits per heavy atom. The molecule has 0 aromatic carbocycles. The van der Waals surface area contributed by atoms with Gasteiger partial charge in [-0.3, -0.25) is 14.6 Å². The zero-order valence-corrected chi connectivity index (χ0v) is 16.9. The highest BCUT2D eigenvalue weighted by Gasteiger charge is 2.23. The number of nitrogens with one attached hydrogen (secondary N) is 1. The van der Waals surface area contributed by atoms with E-state index in [0.29, 0.717) is 26.1 Å². The second kappa shape index (κ2) is 10.7. The van der Waals surface area contributed by atoms with E-state index >= 15 is 0 Å². The van der Waals surface area contributed by atoms with Gasteiger partial charge in [-0.1, -0.05) is 6.07 Å². The minimum Gasteiger partial charge on any atom is -0.383 e. The molecule has 1 amide bonds. The summed E-state index contributed by atoms with van der Waals surface area (Å²) < 4.78 is 6.41. The number of anilines is 1. The molecule has 1 aliphatic heterocycles. The number of methoxy groups -OCH3 is 1. The quantitative estimate of drug-likeness (QED) is 0.683. The molecule has 0 bridgehead atoms. The lowest BCUT2D eigenvalue weighted by molar-refractivity contribution is -0.122. The number of aromatic nitrogens is 3. The maximum Gasteiger partial charge on any atom is 0.268 e. The maximum atomic E-state index is 12.3. The van der Waals surface area contributed by atoms with Crippen molar-refractivity contribution in [1.29, 1.82) is 0 Å². The van der Waals surface area contributed by atoms with Crippen molar-refractivity contribution in [2.45, 2.75) is 32.2 Å². The molecule has 1 unspecified atom stereocenters. The molecule has 1 N–H and O–H groups in total. The predicted molar refractivity (Wildman–Crippen MR) is 111 cm³/mol. The first-order valence-corrected chi connectivity index (χ1v) is 10.1. The molecular formula is C21H29N5O3. The van der Waals surface area contributed by atoms with Crippen LogP contribution in [0.25, 0.3) is 0 Å². The van der Waals surface area contributed by atoms with Crippen LogP contribution in [0.1, 0.15) is 24.8 Å². The van der Waals surface area contributed by atoms with Crippen LogP contribution in [0.4, 0.5) is 5.69 Å². The van der Waals surface area contributed by atoms with Crippen molar-refractivity contribution in [2.24, 2.45) is 5.92 Å². The molecule has 2 aromatic heterocycles. The fourth-order valence-corrected chi connectivity index (χ4v) is 3.64. The average molecular weight is 399 g/mol. The van der Waals surface area contributed by atoms with E-state index in [0.717, 1.165) is 43.6 Å². The molecule has 156 valence electrons. The molecule has 8 heteroatoms. The monoisotopic (exact) mass is 399 g/mol. The number of carbonyl (C=O) groups excluding carboxylic acids is 1. The molecule has 1 saturated heterocycles. The van der Waals surface area contributed by atoms with Gasteiger partial charge >= 0.3 is 0 Å². The molecule has 1 aliphatic rings. The van der Waals surface area contributed by atoms with Gasteiger partial charge in [0.1, 0.15) is 0 Å². The number of piperidine rings is 1. The van der Waals surface area contributed by atoms with Crippen molar-refractivity contribution < 1.29 is 9.53 Å². The molecule has 8 nitrogen and oxygen atoms in total. The lowest BCUT2D eigenvalue weighted by Gasteiger charge is -2.34. The third kappa shape index (κ3) is 6.39. The van der Waals surface area contributed by atoms with Crippen LogP contribution in [0.3, 0.4) is 0 Å². The van der Waals surface area contributed by atoms with Crippen molar-refractivity contribution >= 4 is 11.6 Å². The lowest BCUT2D eigenvalue weighted by atomic mass is 9.94. The highest BCUT2D eigenvalue weighted by atomic mass is 16.5. The molecule has 0 saturated carbocycles. The lowest BCUT2D eigenvalue weighted by Crippen LogP contribution is -2.39. The summed E-state index contributed by atoms with van der Waals surface area (Å²) in [5, 5.41) is 7.25.